The van der Waals surface area contributed by atoms with Crippen LogP contribution in [0.5, 0.6) is 5.75 Å². The Morgan fingerprint density at radius 1 is 1.02 bits per heavy atom. The number of methoxy groups -OCH3 is 1. The van der Waals surface area contributed by atoms with Crippen molar-refractivity contribution in [2.75, 3.05) is 12.4 Å². The van der Waals surface area contributed by atoms with Crippen LogP contribution in [0.3, 0.4) is 0 Å². The van der Waals surface area contributed by atoms with Gasteiger partial charge in [0.15, 0.2) is 0 Å². The summed E-state index contributed by atoms with van der Waals surface area (Å²) >= 11 is 0. The summed E-state index contributed by atoms with van der Waals surface area (Å²) in [4.78, 5) is 12.9. The van der Waals surface area contributed by atoms with Gasteiger partial charge in [-0.15, -0.1) is 0 Å². The summed E-state index contributed by atoms with van der Waals surface area (Å²) in [5.41, 5.74) is 4.65. The Balaban J connectivity index is 1.99. The largest absolute Gasteiger partial charge is 0.495 e. The summed E-state index contributed by atoms with van der Waals surface area (Å²) in [6.07, 6.45) is -4.83. The monoisotopic (exact) mass is 578 g/mol. The summed E-state index contributed by atoms with van der Waals surface area (Å²) < 4.78 is 74.4. The van der Waals surface area contributed by atoms with Gasteiger partial charge in [0.25, 0.3) is 5.91 Å². The van der Waals surface area contributed by atoms with Gasteiger partial charge in [0, 0.05) is 23.2 Å². The van der Waals surface area contributed by atoms with E-state index in [2.05, 4.69) is 15.2 Å². The summed E-state index contributed by atoms with van der Waals surface area (Å²) in [5.74, 6) is -0.944. The van der Waals surface area contributed by atoms with E-state index in [1.807, 2.05) is 0 Å². The van der Waals surface area contributed by atoms with Crippen molar-refractivity contribution in [1.29, 1.82) is 0 Å². The molecule has 0 aliphatic heterocycles. The number of amides is 1. The van der Waals surface area contributed by atoms with Gasteiger partial charge in [-0.25, -0.2) is 13.1 Å². The number of carbonyl (C=O) groups excluding carboxylic acids is 1. The maximum atomic E-state index is 13.7. The van der Waals surface area contributed by atoms with E-state index in [1.165, 1.54) is 61.7 Å². The second-order valence-electron chi connectivity index (χ2n) is 9.86. The third-order valence-corrected chi connectivity index (χ3v) is 7.34. The molecule has 0 saturated carbocycles. The van der Waals surface area contributed by atoms with Crippen LogP contribution < -0.4 is 20.5 Å². The molecule has 13 heteroatoms. The first-order valence-electron chi connectivity index (χ1n) is 11.8. The van der Waals surface area contributed by atoms with Gasteiger partial charge in [0.1, 0.15) is 16.5 Å². The van der Waals surface area contributed by atoms with Gasteiger partial charge < -0.3 is 21.0 Å². The molecule has 9 nitrogen and oxygen atoms in total. The van der Waals surface area contributed by atoms with E-state index < -0.39 is 33.2 Å². The number of anilines is 1. The fourth-order valence-corrected chi connectivity index (χ4v) is 5.54. The topological polar surface area (TPSA) is 143 Å². The van der Waals surface area contributed by atoms with Crippen molar-refractivity contribution in [3.05, 3.63) is 77.4 Å². The van der Waals surface area contributed by atoms with Crippen LogP contribution in [0.15, 0.2) is 70.7 Å². The molecule has 0 heterocycles. The lowest BCUT2D eigenvalue weighted by molar-refractivity contribution is -0.137. The highest BCUT2D eigenvalue weighted by Crippen LogP contribution is 2.39. The molecule has 0 aliphatic rings. The highest BCUT2D eigenvalue weighted by molar-refractivity contribution is 7.89. The van der Waals surface area contributed by atoms with Crippen molar-refractivity contribution in [2.24, 2.45) is 10.9 Å². The first-order valence-corrected chi connectivity index (χ1v) is 13.3. The Hall–Kier alpha value is -4.10. The lowest BCUT2D eigenvalue weighted by Crippen LogP contribution is -2.40. The fourth-order valence-electron chi connectivity index (χ4n) is 3.97. The summed E-state index contributed by atoms with van der Waals surface area (Å²) in [6.45, 7) is 5.04. The minimum Gasteiger partial charge on any atom is -0.495 e. The molecule has 5 N–H and O–H groups in total. The number of alkyl halides is 3. The van der Waals surface area contributed by atoms with Crippen molar-refractivity contribution in [3.8, 4) is 16.9 Å². The molecule has 0 unspecified atom stereocenters. The van der Waals surface area contributed by atoms with Crippen LogP contribution in [0.2, 0.25) is 0 Å². The van der Waals surface area contributed by atoms with E-state index in [4.69, 9.17) is 15.7 Å². The number of amidine groups is 1. The zero-order valence-electron chi connectivity index (χ0n) is 22.1. The first kappa shape index (κ1) is 30.4. The number of halogens is 3. The van der Waals surface area contributed by atoms with E-state index >= 15 is 0 Å². The number of sulfonamides is 1. The smallest absolute Gasteiger partial charge is 0.417 e. The third-order valence-electron chi connectivity index (χ3n) is 5.54. The molecule has 0 saturated heterocycles. The minimum atomic E-state index is -4.63. The predicted octanol–water partition coefficient (Wildman–Crippen LogP) is 5.00. The van der Waals surface area contributed by atoms with Crippen LogP contribution in [-0.2, 0) is 22.6 Å². The predicted molar refractivity (Wildman–Crippen MR) is 145 cm³/mol. The van der Waals surface area contributed by atoms with Gasteiger partial charge in [-0.3, -0.25) is 4.79 Å². The van der Waals surface area contributed by atoms with E-state index in [-0.39, 0.29) is 50.8 Å². The lowest BCUT2D eigenvalue weighted by Gasteiger charge is -2.21. The summed E-state index contributed by atoms with van der Waals surface area (Å²) in [7, 11) is -2.69. The first-order chi connectivity index (χ1) is 18.6. The molecule has 0 atom stereocenters. The van der Waals surface area contributed by atoms with Crippen LogP contribution in [0.1, 0.15) is 42.3 Å². The van der Waals surface area contributed by atoms with E-state index in [1.54, 1.807) is 20.8 Å². The van der Waals surface area contributed by atoms with Gasteiger partial charge in [0.05, 0.1) is 12.7 Å². The van der Waals surface area contributed by atoms with Crippen LogP contribution >= 0.6 is 0 Å². The van der Waals surface area contributed by atoms with Crippen molar-refractivity contribution in [1.82, 2.24) is 4.72 Å². The maximum Gasteiger partial charge on any atom is 0.417 e. The Bertz CT molecular complexity index is 1550. The quantitative estimate of drug-likeness (QED) is 0.128. The number of rotatable bonds is 8. The molecule has 3 aromatic carbocycles. The second kappa shape index (κ2) is 11.6. The highest BCUT2D eigenvalue weighted by Gasteiger charge is 2.34. The molecule has 0 bridgehead atoms. The number of nitrogens with one attached hydrogen (secondary N) is 2. The van der Waals surface area contributed by atoms with E-state index in [0.29, 0.717) is 0 Å². The molecular weight excluding hydrogens is 549 g/mol. The number of hydrogen-bond donors (Lipinski definition) is 4. The van der Waals surface area contributed by atoms with Crippen LogP contribution in [0.4, 0.5) is 18.9 Å². The zero-order chi connectivity index (χ0) is 29.9. The molecule has 0 aliphatic carbocycles. The van der Waals surface area contributed by atoms with Crippen molar-refractivity contribution < 1.29 is 36.3 Å². The average molecular weight is 579 g/mol. The molecule has 0 fully saturated rings. The van der Waals surface area contributed by atoms with Crippen molar-refractivity contribution in [2.45, 2.75) is 43.8 Å². The highest BCUT2D eigenvalue weighted by atomic mass is 32.2. The van der Waals surface area contributed by atoms with Crippen molar-refractivity contribution in [3.63, 3.8) is 0 Å². The fraction of sp³-hybridized carbons (Fsp3) is 0.259. The number of ether oxygens (including phenoxy) is 1. The number of oxime groups is 1. The normalized spacial score (nSPS) is 12.7. The Morgan fingerprint density at radius 2 is 1.70 bits per heavy atom. The van der Waals surface area contributed by atoms with Crippen LogP contribution in [0.25, 0.3) is 11.1 Å². The zero-order valence-corrected chi connectivity index (χ0v) is 22.9. The molecule has 0 spiro atoms. The van der Waals surface area contributed by atoms with Gasteiger partial charge in [-0.1, -0.05) is 29.4 Å². The van der Waals surface area contributed by atoms with E-state index in [9.17, 15) is 26.4 Å². The molecule has 3 aromatic rings. The van der Waals surface area contributed by atoms with Crippen LogP contribution in [0, 0.1) is 0 Å². The Morgan fingerprint density at radius 3 is 2.30 bits per heavy atom. The van der Waals surface area contributed by atoms with E-state index in [0.717, 1.165) is 6.07 Å². The summed E-state index contributed by atoms with van der Waals surface area (Å²) in [5, 5.41) is 14.6. The van der Waals surface area contributed by atoms with Crippen LogP contribution in [-0.4, -0.2) is 38.0 Å². The lowest BCUT2D eigenvalue weighted by atomic mass is 9.93. The molecule has 0 aromatic heterocycles. The van der Waals surface area contributed by atoms with Gasteiger partial charge in [-0.2, -0.15) is 13.2 Å². The Kier molecular flexibility index (Phi) is 8.80. The number of nitrogens with two attached hydrogens (primary N) is 1. The minimum absolute atomic E-state index is 0.0591. The number of nitrogens with zero attached hydrogens (tertiary/aromatic N) is 1. The molecule has 40 heavy (non-hydrogen) atoms. The maximum absolute atomic E-state index is 13.7. The second-order valence-corrected chi connectivity index (χ2v) is 11.5. The molecule has 1 amide bonds. The van der Waals surface area contributed by atoms with Gasteiger partial charge in [-0.05, 0) is 73.9 Å². The average Bonchev–Trinajstić information content (AvgIpc) is 2.86. The number of hydrogen-bond acceptors (Lipinski definition) is 6. The van der Waals surface area contributed by atoms with Gasteiger partial charge >= 0.3 is 6.18 Å². The standard InChI is InChI=1S/C27H29F3N4O5S/c1-26(2,3)34-40(37,38)23-12-9-16(14-22(23)39-4)25(35)32-18-10-11-19(17(13-18)15-24(31)33-36)20-7-5-6-8-21(20)27(28,29)30/h5-14,34,36H,15H2,1-4H3,(H2,31,33)(H,32,35). The van der Waals surface area contributed by atoms with Gasteiger partial charge in [0.2, 0.25) is 10.0 Å². The summed E-state index contributed by atoms with van der Waals surface area (Å²) in [6, 6.07) is 13.0. The number of carbonyl (C=O) groups is 1. The molecule has 214 valence electrons. The molecule has 3 rings (SSSR count). The molecule has 0 radical (unpaired) electrons. The SMILES string of the molecule is COc1cc(C(=O)Nc2ccc(-c3ccccc3C(F)(F)F)c(C/C(N)=N\O)c2)ccc1S(=O)(=O)NC(C)(C)C. The Labute approximate surface area is 229 Å². The third kappa shape index (κ3) is 7.30. The number of benzene rings is 3. The molecular formula is C27H29F3N4O5S. The van der Waals surface area contributed by atoms with Crippen molar-refractivity contribution >= 4 is 27.5 Å².